The third kappa shape index (κ3) is 4.24. The Bertz CT molecular complexity index is 156. The van der Waals surface area contributed by atoms with E-state index in [9.17, 15) is 4.79 Å². The van der Waals surface area contributed by atoms with E-state index in [0.717, 1.165) is 26.1 Å². The van der Waals surface area contributed by atoms with E-state index in [1.165, 1.54) is 6.42 Å². The summed E-state index contributed by atoms with van der Waals surface area (Å²) in [5.74, 6) is 0.0832. The molecule has 0 aromatic heterocycles. The zero-order valence-corrected chi connectivity index (χ0v) is 8.14. The molecule has 1 saturated heterocycles. The maximum atomic E-state index is 10.8. The number of nitrogens with one attached hydrogen (secondary N) is 2. The molecular weight excluding hydrogens is 168 g/mol. The Morgan fingerprint density at radius 1 is 1.62 bits per heavy atom. The molecule has 0 unspecified atom stereocenters. The van der Waals surface area contributed by atoms with E-state index in [0.29, 0.717) is 12.5 Å². The second-order valence-corrected chi connectivity index (χ2v) is 3.26. The van der Waals surface area contributed by atoms with Gasteiger partial charge in [0.25, 0.3) is 0 Å². The second kappa shape index (κ2) is 5.94. The first kappa shape index (κ1) is 10.5. The molecule has 4 nitrogen and oxygen atoms in total. The molecule has 1 amide bonds. The van der Waals surface area contributed by atoms with Crippen molar-refractivity contribution < 1.29 is 9.53 Å². The van der Waals surface area contributed by atoms with Gasteiger partial charge in [0.1, 0.15) is 0 Å². The fraction of sp³-hybridized carbons (Fsp3) is 0.889. The predicted molar refractivity (Wildman–Crippen MR) is 50.5 cm³/mol. The molecule has 0 spiro atoms. The van der Waals surface area contributed by atoms with Crippen molar-refractivity contribution in [3.63, 3.8) is 0 Å². The molecule has 1 fully saturated rings. The van der Waals surface area contributed by atoms with Gasteiger partial charge < -0.3 is 15.4 Å². The van der Waals surface area contributed by atoms with Gasteiger partial charge >= 0.3 is 0 Å². The molecule has 4 heteroatoms. The van der Waals surface area contributed by atoms with Crippen LogP contribution in [-0.2, 0) is 9.53 Å². The Kier molecular flexibility index (Phi) is 4.78. The van der Waals surface area contributed by atoms with Gasteiger partial charge in [-0.2, -0.15) is 0 Å². The van der Waals surface area contributed by atoms with Crippen LogP contribution in [0.15, 0.2) is 0 Å². The number of rotatable bonds is 5. The van der Waals surface area contributed by atoms with E-state index in [4.69, 9.17) is 4.74 Å². The molecule has 1 atom stereocenters. The summed E-state index contributed by atoms with van der Waals surface area (Å²) in [5.41, 5.74) is 0. The highest BCUT2D eigenvalue weighted by Crippen LogP contribution is 2.10. The quantitative estimate of drug-likeness (QED) is 0.589. The van der Waals surface area contributed by atoms with Crippen molar-refractivity contribution in [2.75, 3.05) is 26.7 Å². The van der Waals surface area contributed by atoms with Gasteiger partial charge in [-0.15, -0.1) is 0 Å². The van der Waals surface area contributed by atoms with Crippen molar-refractivity contribution in [3.05, 3.63) is 0 Å². The molecule has 1 aliphatic heterocycles. The average Bonchev–Trinajstić information content (AvgIpc) is 2.64. The van der Waals surface area contributed by atoms with Gasteiger partial charge in [0.05, 0.1) is 6.10 Å². The van der Waals surface area contributed by atoms with Gasteiger partial charge in [0, 0.05) is 33.2 Å². The molecule has 1 heterocycles. The van der Waals surface area contributed by atoms with E-state index < -0.39 is 0 Å². The van der Waals surface area contributed by atoms with Gasteiger partial charge in [0.2, 0.25) is 5.91 Å². The minimum absolute atomic E-state index is 0.0832. The van der Waals surface area contributed by atoms with Crippen LogP contribution in [0.5, 0.6) is 0 Å². The number of carbonyl (C=O) groups is 1. The lowest BCUT2D eigenvalue weighted by Gasteiger charge is -2.09. The summed E-state index contributed by atoms with van der Waals surface area (Å²) >= 11 is 0. The Balaban J connectivity index is 1.91. The fourth-order valence-electron chi connectivity index (χ4n) is 1.40. The van der Waals surface area contributed by atoms with Crippen molar-refractivity contribution in [2.24, 2.45) is 0 Å². The highest BCUT2D eigenvalue weighted by atomic mass is 16.5. The molecule has 13 heavy (non-hydrogen) atoms. The van der Waals surface area contributed by atoms with Crippen LogP contribution in [0.3, 0.4) is 0 Å². The molecule has 1 aliphatic rings. The van der Waals surface area contributed by atoms with Crippen LogP contribution in [0.1, 0.15) is 19.3 Å². The number of carbonyl (C=O) groups excluding carboxylic acids is 1. The highest BCUT2D eigenvalue weighted by Gasteiger charge is 2.14. The molecule has 0 aromatic carbocycles. The number of hydrogen-bond donors (Lipinski definition) is 2. The monoisotopic (exact) mass is 186 g/mol. The summed E-state index contributed by atoms with van der Waals surface area (Å²) in [5, 5.41) is 5.79. The topological polar surface area (TPSA) is 50.4 Å². The molecule has 0 saturated carbocycles. The fourth-order valence-corrected chi connectivity index (χ4v) is 1.40. The maximum Gasteiger partial charge on any atom is 0.221 e. The summed E-state index contributed by atoms with van der Waals surface area (Å²) in [7, 11) is 1.66. The molecule has 2 N–H and O–H groups in total. The second-order valence-electron chi connectivity index (χ2n) is 3.26. The van der Waals surface area contributed by atoms with Crippen LogP contribution >= 0.6 is 0 Å². The van der Waals surface area contributed by atoms with E-state index in [1.54, 1.807) is 7.05 Å². The van der Waals surface area contributed by atoms with Crippen molar-refractivity contribution >= 4 is 5.91 Å². The van der Waals surface area contributed by atoms with Gasteiger partial charge in [0.15, 0.2) is 0 Å². The maximum absolute atomic E-state index is 10.8. The van der Waals surface area contributed by atoms with Crippen molar-refractivity contribution in [1.29, 1.82) is 0 Å². The van der Waals surface area contributed by atoms with E-state index >= 15 is 0 Å². The van der Waals surface area contributed by atoms with Crippen molar-refractivity contribution in [3.8, 4) is 0 Å². The standard InChI is InChI=1S/C9H18N2O2/c1-10-9(12)4-5-11-7-8-3-2-6-13-8/h8,11H,2-7H2,1H3,(H,10,12)/t8-/m0/s1. The Morgan fingerprint density at radius 2 is 2.46 bits per heavy atom. The Labute approximate surface area is 79.0 Å². The van der Waals surface area contributed by atoms with Gasteiger partial charge in [-0.25, -0.2) is 0 Å². The Hall–Kier alpha value is -0.610. The van der Waals surface area contributed by atoms with Gasteiger partial charge in [-0.1, -0.05) is 0 Å². The van der Waals surface area contributed by atoms with E-state index in [1.807, 2.05) is 0 Å². The SMILES string of the molecule is CNC(=O)CCNC[C@@H]1CCCO1. The van der Waals surface area contributed by atoms with Crippen LogP contribution < -0.4 is 10.6 Å². The molecule has 76 valence electrons. The zero-order valence-electron chi connectivity index (χ0n) is 8.14. The molecule has 1 rings (SSSR count). The smallest absolute Gasteiger partial charge is 0.221 e. The predicted octanol–water partition coefficient (Wildman–Crippen LogP) is -0.109. The molecule has 0 aliphatic carbocycles. The summed E-state index contributed by atoms with van der Waals surface area (Å²) in [4.78, 5) is 10.8. The molecule has 0 aromatic rings. The van der Waals surface area contributed by atoms with Crippen LogP contribution in [0.2, 0.25) is 0 Å². The van der Waals surface area contributed by atoms with Crippen molar-refractivity contribution in [1.82, 2.24) is 10.6 Å². The summed E-state index contributed by atoms with van der Waals surface area (Å²) in [6.45, 7) is 2.50. The summed E-state index contributed by atoms with van der Waals surface area (Å²) in [6.07, 6.45) is 3.22. The largest absolute Gasteiger partial charge is 0.377 e. The third-order valence-corrected chi connectivity index (χ3v) is 2.20. The van der Waals surface area contributed by atoms with Crippen LogP contribution in [-0.4, -0.2) is 38.8 Å². The van der Waals surface area contributed by atoms with Gasteiger partial charge in [-0.05, 0) is 12.8 Å². The van der Waals surface area contributed by atoms with E-state index in [-0.39, 0.29) is 5.91 Å². The summed E-state index contributed by atoms with van der Waals surface area (Å²) in [6, 6.07) is 0. The first-order valence-corrected chi connectivity index (χ1v) is 4.86. The highest BCUT2D eigenvalue weighted by molar-refractivity contribution is 5.75. The first-order chi connectivity index (χ1) is 6.33. The van der Waals surface area contributed by atoms with Gasteiger partial charge in [-0.3, -0.25) is 4.79 Å². The lowest BCUT2D eigenvalue weighted by molar-refractivity contribution is -0.120. The molecule has 0 bridgehead atoms. The molecule has 0 radical (unpaired) electrons. The number of hydrogen-bond acceptors (Lipinski definition) is 3. The molecular formula is C9H18N2O2. The number of amides is 1. The Morgan fingerprint density at radius 3 is 3.08 bits per heavy atom. The zero-order chi connectivity index (χ0) is 9.52. The third-order valence-electron chi connectivity index (χ3n) is 2.20. The lowest BCUT2D eigenvalue weighted by atomic mass is 10.2. The normalized spacial score (nSPS) is 21.8. The van der Waals surface area contributed by atoms with E-state index in [2.05, 4.69) is 10.6 Å². The summed E-state index contributed by atoms with van der Waals surface area (Å²) < 4.78 is 5.42. The average molecular weight is 186 g/mol. The first-order valence-electron chi connectivity index (χ1n) is 4.86. The lowest BCUT2D eigenvalue weighted by Crippen LogP contribution is -2.30. The van der Waals surface area contributed by atoms with Crippen LogP contribution in [0.4, 0.5) is 0 Å². The minimum Gasteiger partial charge on any atom is -0.377 e. The minimum atomic E-state index is 0.0832. The van der Waals surface area contributed by atoms with Crippen molar-refractivity contribution in [2.45, 2.75) is 25.4 Å². The number of ether oxygens (including phenoxy) is 1. The van der Waals surface area contributed by atoms with Crippen LogP contribution in [0, 0.1) is 0 Å². The van der Waals surface area contributed by atoms with Crippen LogP contribution in [0.25, 0.3) is 0 Å².